The van der Waals surface area contributed by atoms with Gasteiger partial charge in [-0.15, -0.1) is 12.6 Å². The standard InChI is InChI=1S/C14H16FNOS/c15-12-6-5-11(9-13(12)18)14(17)16-8-7-10-3-1-2-4-10/h3,5-6,9,18H,1-2,4,7-8H2,(H,16,17). The molecule has 0 heterocycles. The molecule has 0 atom stereocenters. The van der Waals surface area contributed by atoms with Crippen molar-refractivity contribution in [3.63, 3.8) is 0 Å². The molecule has 0 radical (unpaired) electrons. The number of halogens is 1. The summed E-state index contributed by atoms with van der Waals surface area (Å²) in [6.45, 7) is 0.629. The molecule has 18 heavy (non-hydrogen) atoms. The Balaban J connectivity index is 1.85. The van der Waals surface area contributed by atoms with Gasteiger partial charge in [0.05, 0.1) is 0 Å². The maximum absolute atomic E-state index is 13.0. The summed E-state index contributed by atoms with van der Waals surface area (Å²) < 4.78 is 13.0. The summed E-state index contributed by atoms with van der Waals surface area (Å²) in [5.74, 6) is -0.588. The topological polar surface area (TPSA) is 29.1 Å². The van der Waals surface area contributed by atoms with Crippen LogP contribution in [0.25, 0.3) is 0 Å². The van der Waals surface area contributed by atoms with Gasteiger partial charge in [-0.2, -0.15) is 0 Å². The maximum atomic E-state index is 13.0. The molecular formula is C14H16FNOS. The summed E-state index contributed by atoms with van der Waals surface area (Å²) in [5, 5.41) is 2.84. The second-order valence-corrected chi connectivity index (χ2v) is 4.91. The van der Waals surface area contributed by atoms with Crippen LogP contribution in [0.2, 0.25) is 0 Å². The smallest absolute Gasteiger partial charge is 0.251 e. The third-order valence-corrected chi connectivity index (χ3v) is 3.42. The largest absolute Gasteiger partial charge is 0.352 e. The molecule has 2 rings (SSSR count). The van der Waals surface area contributed by atoms with Crippen molar-refractivity contribution < 1.29 is 9.18 Å². The second kappa shape index (κ2) is 6.05. The number of rotatable bonds is 4. The number of hydrogen-bond donors (Lipinski definition) is 2. The van der Waals surface area contributed by atoms with Crippen LogP contribution in [-0.4, -0.2) is 12.5 Å². The summed E-state index contributed by atoms with van der Waals surface area (Å²) in [5.41, 5.74) is 1.87. The van der Waals surface area contributed by atoms with E-state index in [0.29, 0.717) is 12.1 Å². The van der Waals surface area contributed by atoms with Crippen LogP contribution in [0.4, 0.5) is 4.39 Å². The van der Waals surface area contributed by atoms with Gasteiger partial charge in [0.25, 0.3) is 5.91 Å². The highest BCUT2D eigenvalue weighted by Gasteiger charge is 2.09. The first-order valence-corrected chi connectivity index (χ1v) is 6.56. The quantitative estimate of drug-likeness (QED) is 0.634. The fourth-order valence-corrected chi connectivity index (χ4v) is 2.27. The van der Waals surface area contributed by atoms with E-state index in [0.717, 1.165) is 19.3 Å². The lowest BCUT2D eigenvalue weighted by Gasteiger charge is -2.06. The van der Waals surface area contributed by atoms with Gasteiger partial charge >= 0.3 is 0 Å². The van der Waals surface area contributed by atoms with E-state index in [4.69, 9.17) is 0 Å². The van der Waals surface area contributed by atoms with Gasteiger partial charge in [-0.3, -0.25) is 4.79 Å². The molecule has 0 saturated heterocycles. The van der Waals surface area contributed by atoms with Gasteiger partial charge in [-0.25, -0.2) is 4.39 Å². The predicted molar refractivity (Wildman–Crippen MR) is 72.5 cm³/mol. The fraction of sp³-hybridized carbons (Fsp3) is 0.357. The van der Waals surface area contributed by atoms with E-state index in [1.54, 1.807) is 0 Å². The normalized spacial score (nSPS) is 14.4. The minimum atomic E-state index is -0.411. The van der Waals surface area contributed by atoms with Gasteiger partial charge in [0.1, 0.15) is 5.82 Å². The number of carbonyl (C=O) groups is 1. The third-order valence-electron chi connectivity index (χ3n) is 3.08. The van der Waals surface area contributed by atoms with Crippen molar-refractivity contribution >= 4 is 18.5 Å². The minimum Gasteiger partial charge on any atom is -0.352 e. The Hall–Kier alpha value is -1.29. The van der Waals surface area contributed by atoms with E-state index < -0.39 is 5.82 Å². The molecule has 96 valence electrons. The Labute approximate surface area is 112 Å². The highest BCUT2D eigenvalue weighted by atomic mass is 32.1. The van der Waals surface area contributed by atoms with Crippen molar-refractivity contribution in [2.45, 2.75) is 30.6 Å². The van der Waals surface area contributed by atoms with E-state index in [9.17, 15) is 9.18 Å². The van der Waals surface area contributed by atoms with Crippen LogP contribution in [0.3, 0.4) is 0 Å². The summed E-state index contributed by atoms with van der Waals surface area (Å²) in [6.07, 6.45) is 6.68. The number of amides is 1. The van der Waals surface area contributed by atoms with Gasteiger partial charge < -0.3 is 5.32 Å². The van der Waals surface area contributed by atoms with Gasteiger partial charge in [0, 0.05) is 17.0 Å². The van der Waals surface area contributed by atoms with Crippen molar-refractivity contribution in [3.8, 4) is 0 Å². The molecule has 1 aliphatic carbocycles. The zero-order valence-electron chi connectivity index (χ0n) is 10.1. The van der Waals surface area contributed by atoms with Crippen LogP contribution in [0.1, 0.15) is 36.0 Å². The maximum Gasteiger partial charge on any atom is 0.251 e. The summed E-state index contributed by atoms with van der Waals surface area (Å²) in [6, 6.07) is 4.18. The molecular weight excluding hydrogens is 249 g/mol. The van der Waals surface area contributed by atoms with Crippen molar-refractivity contribution in [1.29, 1.82) is 0 Å². The molecule has 1 N–H and O–H groups in total. The van der Waals surface area contributed by atoms with Crippen LogP contribution in [0, 0.1) is 5.82 Å². The molecule has 1 aliphatic rings. The average molecular weight is 265 g/mol. The first kappa shape index (κ1) is 13.1. The van der Waals surface area contributed by atoms with Crippen molar-refractivity contribution in [1.82, 2.24) is 5.32 Å². The van der Waals surface area contributed by atoms with Crippen LogP contribution in [-0.2, 0) is 0 Å². The number of hydrogen-bond acceptors (Lipinski definition) is 2. The van der Waals surface area contributed by atoms with E-state index in [1.165, 1.54) is 30.2 Å². The molecule has 1 aromatic rings. The lowest BCUT2D eigenvalue weighted by molar-refractivity contribution is 0.0954. The van der Waals surface area contributed by atoms with E-state index in [2.05, 4.69) is 24.0 Å². The van der Waals surface area contributed by atoms with Gasteiger partial charge in [-0.05, 0) is 43.9 Å². The molecule has 2 nitrogen and oxygen atoms in total. The van der Waals surface area contributed by atoms with Crippen LogP contribution >= 0.6 is 12.6 Å². The first-order chi connectivity index (χ1) is 8.66. The Morgan fingerprint density at radius 2 is 2.28 bits per heavy atom. The zero-order valence-corrected chi connectivity index (χ0v) is 11.0. The van der Waals surface area contributed by atoms with Crippen LogP contribution < -0.4 is 5.32 Å². The molecule has 1 amide bonds. The Kier molecular flexibility index (Phi) is 4.42. The fourth-order valence-electron chi connectivity index (χ4n) is 2.06. The number of benzene rings is 1. The van der Waals surface area contributed by atoms with Crippen molar-refractivity contribution in [2.75, 3.05) is 6.54 Å². The van der Waals surface area contributed by atoms with Gasteiger partial charge in [-0.1, -0.05) is 11.6 Å². The monoisotopic (exact) mass is 265 g/mol. The molecule has 0 saturated carbocycles. The van der Waals surface area contributed by atoms with E-state index >= 15 is 0 Å². The van der Waals surface area contributed by atoms with Crippen molar-refractivity contribution in [3.05, 3.63) is 41.2 Å². The SMILES string of the molecule is O=C(NCCC1=CCCC1)c1ccc(F)c(S)c1. The Bertz CT molecular complexity index is 485. The summed E-state index contributed by atoms with van der Waals surface area (Å²) >= 11 is 3.96. The number of nitrogens with one attached hydrogen (secondary N) is 1. The third kappa shape index (κ3) is 3.35. The zero-order chi connectivity index (χ0) is 13.0. The molecule has 0 spiro atoms. The van der Waals surface area contributed by atoms with E-state index in [-0.39, 0.29) is 10.8 Å². The molecule has 0 fully saturated rings. The van der Waals surface area contributed by atoms with Gasteiger partial charge in [0.2, 0.25) is 0 Å². The second-order valence-electron chi connectivity index (χ2n) is 4.43. The average Bonchev–Trinajstić information content (AvgIpc) is 2.85. The molecule has 1 aromatic carbocycles. The highest BCUT2D eigenvalue weighted by molar-refractivity contribution is 7.80. The number of allylic oxidation sites excluding steroid dienone is 1. The molecule has 0 aromatic heterocycles. The molecule has 4 heteroatoms. The van der Waals surface area contributed by atoms with Crippen LogP contribution in [0.15, 0.2) is 34.7 Å². The Morgan fingerprint density at radius 1 is 1.44 bits per heavy atom. The van der Waals surface area contributed by atoms with E-state index in [1.807, 2.05) is 0 Å². The minimum absolute atomic E-state index is 0.177. The number of carbonyl (C=O) groups excluding carboxylic acids is 1. The van der Waals surface area contributed by atoms with Crippen LogP contribution in [0.5, 0.6) is 0 Å². The summed E-state index contributed by atoms with van der Waals surface area (Å²) in [7, 11) is 0. The lowest BCUT2D eigenvalue weighted by Crippen LogP contribution is -2.24. The first-order valence-electron chi connectivity index (χ1n) is 6.11. The van der Waals surface area contributed by atoms with Crippen molar-refractivity contribution in [2.24, 2.45) is 0 Å². The molecule has 0 aliphatic heterocycles. The summed E-state index contributed by atoms with van der Waals surface area (Å²) in [4.78, 5) is 12.0. The Morgan fingerprint density at radius 3 is 2.94 bits per heavy atom. The number of thiol groups is 1. The predicted octanol–water partition coefficient (Wildman–Crippen LogP) is 3.34. The van der Waals surface area contributed by atoms with Gasteiger partial charge in [0.15, 0.2) is 0 Å². The highest BCUT2D eigenvalue weighted by Crippen LogP contribution is 2.20. The molecule has 0 unspecified atom stereocenters. The molecule has 0 bridgehead atoms. The lowest BCUT2D eigenvalue weighted by atomic mass is 10.1.